The summed E-state index contributed by atoms with van der Waals surface area (Å²) in [4.78, 5) is 34.1. The second kappa shape index (κ2) is 13.2. The molecular formula is C31H31F3N8O2. The van der Waals surface area contributed by atoms with E-state index in [1.54, 1.807) is 49.8 Å². The molecule has 2 aromatic heterocycles. The number of amides is 1. The fraction of sp³-hybridized carbons (Fsp3) is 0.258. The standard InChI is InChI=1S/C31H31F3N8O2/c1-36-18-25-27(35)39-28(20-8-10-37-11-9-20)40-30(25)44-24-5-3-4-23(17-24)38-29(43)21-6-7-22(26(16-21)31(32,33)34)19-42-14-12-41(2)13-15-42/h3-11,16-18H,12-15,19H2,1-2H3,(H,38,43)(H2,35,39,40). The summed E-state index contributed by atoms with van der Waals surface area (Å²) in [5.74, 6) is 0.196. The number of aromatic nitrogens is 3. The number of pyridine rings is 1. The highest BCUT2D eigenvalue weighted by molar-refractivity contribution is 6.04. The number of benzene rings is 2. The molecule has 228 valence electrons. The van der Waals surface area contributed by atoms with Gasteiger partial charge in [-0.3, -0.25) is 19.7 Å². The van der Waals surface area contributed by atoms with Gasteiger partial charge < -0.3 is 20.7 Å². The van der Waals surface area contributed by atoms with Gasteiger partial charge in [0.1, 0.15) is 11.6 Å². The van der Waals surface area contributed by atoms with E-state index in [4.69, 9.17) is 10.5 Å². The number of carbonyl (C=O) groups is 1. The molecule has 3 heterocycles. The maximum Gasteiger partial charge on any atom is 0.416 e. The van der Waals surface area contributed by atoms with Gasteiger partial charge in [0.2, 0.25) is 5.88 Å². The van der Waals surface area contributed by atoms with Gasteiger partial charge in [0.05, 0.1) is 11.1 Å². The van der Waals surface area contributed by atoms with E-state index < -0.39 is 17.6 Å². The van der Waals surface area contributed by atoms with Crippen LogP contribution in [0.5, 0.6) is 11.6 Å². The van der Waals surface area contributed by atoms with Crippen molar-refractivity contribution in [1.29, 1.82) is 0 Å². The lowest BCUT2D eigenvalue weighted by Crippen LogP contribution is -2.44. The first kappa shape index (κ1) is 30.6. The molecule has 1 fully saturated rings. The molecule has 1 saturated heterocycles. The molecule has 1 aliphatic rings. The molecule has 1 amide bonds. The minimum atomic E-state index is -4.61. The summed E-state index contributed by atoms with van der Waals surface area (Å²) in [5.41, 5.74) is 6.73. The van der Waals surface area contributed by atoms with Crippen LogP contribution in [0.1, 0.15) is 27.0 Å². The zero-order chi connectivity index (χ0) is 31.3. The maximum absolute atomic E-state index is 14.0. The van der Waals surface area contributed by atoms with Gasteiger partial charge in [0, 0.05) is 81.3 Å². The summed E-state index contributed by atoms with van der Waals surface area (Å²) in [6, 6.07) is 13.6. The minimum absolute atomic E-state index is 0.113. The Bertz CT molecular complexity index is 1660. The predicted octanol–water partition coefficient (Wildman–Crippen LogP) is 4.98. The fourth-order valence-corrected chi connectivity index (χ4v) is 4.74. The number of hydrogen-bond donors (Lipinski definition) is 2. The van der Waals surface area contributed by atoms with E-state index in [1.807, 2.05) is 11.9 Å². The average Bonchev–Trinajstić information content (AvgIpc) is 3.00. The number of nitrogens with one attached hydrogen (secondary N) is 1. The second-order valence-corrected chi connectivity index (χ2v) is 10.3. The summed E-state index contributed by atoms with van der Waals surface area (Å²) in [6.45, 7) is 3.08. The van der Waals surface area contributed by atoms with Crippen LogP contribution in [0.2, 0.25) is 0 Å². The number of piperazine rings is 1. The number of aliphatic imine (C=N–C) groups is 1. The van der Waals surface area contributed by atoms with Crippen LogP contribution in [-0.2, 0) is 12.7 Å². The topological polar surface area (TPSA) is 122 Å². The molecular weight excluding hydrogens is 573 g/mol. The Morgan fingerprint density at radius 3 is 2.52 bits per heavy atom. The number of nitrogens with two attached hydrogens (primary N) is 1. The molecule has 5 rings (SSSR count). The molecule has 2 aromatic carbocycles. The van der Waals surface area contributed by atoms with Crippen molar-refractivity contribution in [2.45, 2.75) is 12.7 Å². The number of alkyl halides is 3. The average molecular weight is 605 g/mol. The predicted molar refractivity (Wildman–Crippen MR) is 162 cm³/mol. The molecule has 0 radical (unpaired) electrons. The van der Waals surface area contributed by atoms with Crippen molar-refractivity contribution in [2.24, 2.45) is 4.99 Å². The molecule has 1 aliphatic heterocycles. The lowest BCUT2D eigenvalue weighted by molar-refractivity contribution is -0.138. The van der Waals surface area contributed by atoms with Gasteiger partial charge in [-0.1, -0.05) is 12.1 Å². The molecule has 0 spiro atoms. The molecule has 0 saturated carbocycles. The maximum atomic E-state index is 14.0. The van der Waals surface area contributed by atoms with Crippen molar-refractivity contribution in [1.82, 2.24) is 24.8 Å². The van der Waals surface area contributed by atoms with E-state index in [1.165, 1.54) is 24.4 Å². The Kier molecular flexibility index (Phi) is 9.16. The highest BCUT2D eigenvalue weighted by Crippen LogP contribution is 2.34. The number of halogens is 3. The number of ether oxygens (including phenoxy) is 1. The van der Waals surface area contributed by atoms with Gasteiger partial charge >= 0.3 is 6.18 Å². The number of hydrogen-bond acceptors (Lipinski definition) is 9. The Balaban J connectivity index is 1.36. The highest BCUT2D eigenvalue weighted by atomic mass is 19.4. The third-order valence-electron chi connectivity index (χ3n) is 7.11. The zero-order valence-corrected chi connectivity index (χ0v) is 24.2. The second-order valence-electron chi connectivity index (χ2n) is 10.3. The zero-order valence-electron chi connectivity index (χ0n) is 24.2. The summed E-state index contributed by atoms with van der Waals surface area (Å²) >= 11 is 0. The summed E-state index contributed by atoms with van der Waals surface area (Å²) in [7, 11) is 3.55. The third-order valence-corrected chi connectivity index (χ3v) is 7.11. The Hall–Kier alpha value is -4.88. The minimum Gasteiger partial charge on any atom is -0.438 e. The van der Waals surface area contributed by atoms with E-state index in [2.05, 4.69) is 30.2 Å². The Labute approximate surface area is 252 Å². The van der Waals surface area contributed by atoms with Crippen LogP contribution in [0.4, 0.5) is 24.7 Å². The van der Waals surface area contributed by atoms with Gasteiger partial charge in [-0.05, 0) is 49.0 Å². The van der Waals surface area contributed by atoms with Crippen molar-refractivity contribution >= 4 is 23.6 Å². The van der Waals surface area contributed by atoms with Crippen LogP contribution in [0.3, 0.4) is 0 Å². The van der Waals surface area contributed by atoms with Gasteiger partial charge in [-0.15, -0.1) is 0 Å². The molecule has 4 aromatic rings. The first-order valence-electron chi connectivity index (χ1n) is 13.8. The fourth-order valence-electron chi connectivity index (χ4n) is 4.74. The van der Waals surface area contributed by atoms with Crippen molar-refractivity contribution in [3.05, 3.63) is 89.2 Å². The number of carbonyl (C=O) groups excluding carboxylic acids is 1. The van der Waals surface area contributed by atoms with Crippen LogP contribution in [-0.4, -0.2) is 77.1 Å². The van der Waals surface area contributed by atoms with Gasteiger partial charge in [0.15, 0.2) is 5.82 Å². The third kappa shape index (κ3) is 7.36. The van der Waals surface area contributed by atoms with Crippen LogP contribution in [0, 0.1) is 0 Å². The van der Waals surface area contributed by atoms with Crippen molar-refractivity contribution in [2.75, 3.05) is 51.3 Å². The highest BCUT2D eigenvalue weighted by Gasteiger charge is 2.34. The first-order valence-corrected chi connectivity index (χ1v) is 13.8. The normalized spacial score (nSPS) is 14.6. The monoisotopic (exact) mass is 604 g/mol. The van der Waals surface area contributed by atoms with Gasteiger partial charge in [0.25, 0.3) is 5.91 Å². The molecule has 0 unspecified atom stereocenters. The molecule has 0 aliphatic carbocycles. The summed E-state index contributed by atoms with van der Waals surface area (Å²) in [5, 5.41) is 2.66. The molecule has 0 atom stereocenters. The lowest BCUT2D eigenvalue weighted by Gasteiger charge is -2.33. The Morgan fingerprint density at radius 2 is 1.82 bits per heavy atom. The van der Waals surface area contributed by atoms with Gasteiger partial charge in [-0.2, -0.15) is 18.2 Å². The summed E-state index contributed by atoms with van der Waals surface area (Å²) < 4.78 is 48.2. The quantitative estimate of drug-likeness (QED) is 0.270. The van der Waals surface area contributed by atoms with E-state index >= 15 is 0 Å². The molecule has 3 N–H and O–H groups in total. The number of nitrogen functional groups attached to an aromatic ring is 1. The number of likely N-dealkylation sites (N-methyl/N-ethyl adjacent to an activating group) is 1. The van der Waals surface area contributed by atoms with Crippen molar-refractivity contribution < 1.29 is 22.7 Å². The van der Waals surface area contributed by atoms with Crippen LogP contribution < -0.4 is 15.8 Å². The number of anilines is 2. The summed E-state index contributed by atoms with van der Waals surface area (Å²) in [6.07, 6.45) is 0.0572. The number of rotatable bonds is 8. The number of nitrogens with zero attached hydrogens (tertiary/aromatic N) is 6. The largest absolute Gasteiger partial charge is 0.438 e. The van der Waals surface area contributed by atoms with E-state index in [9.17, 15) is 18.0 Å². The first-order chi connectivity index (χ1) is 21.1. The van der Waals surface area contributed by atoms with Gasteiger partial charge in [-0.25, -0.2) is 4.98 Å². The van der Waals surface area contributed by atoms with E-state index in [-0.39, 0.29) is 29.4 Å². The molecule has 0 bridgehead atoms. The molecule has 44 heavy (non-hydrogen) atoms. The van der Waals surface area contributed by atoms with Crippen molar-refractivity contribution in [3.8, 4) is 23.0 Å². The SMILES string of the molecule is CN=Cc1c(N)nc(-c2ccncc2)nc1Oc1cccc(NC(=O)c2ccc(CN3CCN(C)CC3)c(C(F)(F)F)c2)c1. The van der Waals surface area contributed by atoms with E-state index in [0.717, 1.165) is 19.2 Å². The smallest absolute Gasteiger partial charge is 0.416 e. The van der Waals surface area contributed by atoms with Crippen molar-refractivity contribution in [3.63, 3.8) is 0 Å². The van der Waals surface area contributed by atoms with Crippen LogP contribution in [0.25, 0.3) is 11.4 Å². The lowest BCUT2D eigenvalue weighted by atomic mass is 10.0. The molecule has 13 heteroatoms. The molecule has 10 nitrogen and oxygen atoms in total. The Morgan fingerprint density at radius 1 is 1.07 bits per heavy atom. The van der Waals surface area contributed by atoms with E-state index in [0.29, 0.717) is 41.5 Å². The van der Waals surface area contributed by atoms with Crippen LogP contribution >= 0.6 is 0 Å². The van der Waals surface area contributed by atoms with Crippen LogP contribution in [0.15, 0.2) is 72.0 Å².